The Bertz CT molecular complexity index is 1570. The first kappa shape index (κ1) is 141. The lowest BCUT2D eigenvalue weighted by Crippen LogP contribution is -2.19. The van der Waals surface area contributed by atoms with Crippen molar-refractivity contribution in [2.24, 2.45) is 0 Å². The molecule has 0 fully saturated rings. The van der Waals surface area contributed by atoms with Crippen molar-refractivity contribution in [2.75, 3.05) is 77.3 Å². The maximum atomic E-state index is 12.0. The molecule has 0 saturated heterocycles. The number of carbonyl (C=O) groups is 7. The van der Waals surface area contributed by atoms with E-state index in [0.29, 0.717) is 89.3 Å². The Kier molecular flexibility index (Phi) is 183. The van der Waals surface area contributed by atoms with E-state index in [0.717, 1.165) is 92.7 Å². The van der Waals surface area contributed by atoms with Gasteiger partial charge in [-0.3, -0.25) is 23.6 Å². The molecule has 35 heteroatoms. The number of aliphatic carboxylic acids is 1. The fourth-order valence-electron chi connectivity index (χ4n) is 3.33. The topological polar surface area (TPSA) is 254 Å². The van der Waals surface area contributed by atoms with E-state index in [1.165, 1.54) is 40.2 Å². The molecule has 0 aliphatic rings. The highest BCUT2D eigenvalue weighted by Gasteiger charge is 2.32. The minimum atomic E-state index is -3.09. The fourth-order valence-corrected chi connectivity index (χ4v) is 3.86. The standard InChI is InChI=1S/C6H12O2.C6H10O2.2C5H10F2O.C5H8F2O.2C5H10O2.C5H10OS.C4H6Br2F2.C4H6F2.C4H8O2.C3H6O.C2H4O.CH3F.2CH4O.Br2.ClH/c2*1-3-5-6(7)8-4-2;3*1-3-4-5(6,7)8-2;2*1-3-4-5(6)7-2;1-3-4-5(7)6-2;1-2-3(5)4(6,7)8;2*1-2-3-4(5)6;1-2-3-4;1-2-3;4*1-2;/h3-5H2,1-2H3;3,5H,4H2,1-2H3;2*3-4H2,1-2H3;3-4H,1-2H3;3*3-4H2,1-2H3;3H,2H2,1H3;3H,2H2,1H3;2-3H2,1H3,(H,5,6);3H,2H2,1H3;2H,1H3;1H3;2*2H,1H3;;1H/b;5-3+;;;4-3+;;;;;;;;;;;;;. The molecule has 0 bridgehead atoms. The van der Waals surface area contributed by atoms with Crippen molar-refractivity contribution >= 4 is 132 Å². The number of thiocarbonyl (C=S) groups is 1. The largest absolute Gasteiger partial charge is 0.490 e. The molecular formula is C62H122Br4ClF11O18S. The van der Waals surface area contributed by atoms with Crippen LogP contribution in [-0.2, 0) is 71.5 Å². The Hall–Kier alpha value is -2.96. The minimum absolute atomic E-state index is 0. The van der Waals surface area contributed by atoms with Gasteiger partial charge in [-0.2, -0.15) is 43.9 Å². The van der Waals surface area contributed by atoms with Gasteiger partial charge in [-0.15, -0.1) is 12.4 Å². The highest BCUT2D eigenvalue weighted by molar-refractivity contribution is 9.93. The van der Waals surface area contributed by atoms with E-state index in [4.69, 9.17) is 37.1 Å². The van der Waals surface area contributed by atoms with Crippen LogP contribution in [0.2, 0.25) is 0 Å². The van der Waals surface area contributed by atoms with Crippen molar-refractivity contribution in [2.45, 2.75) is 241 Å². The number of rotatable bonds is 25. The molecule has 0 aromatic heterocycles. The van der Waals surface area contributed by atoms with Gasteiger partial charge >= 0.3 is 53.0 Å². The van der Waals surface area contributed by atoms with Gasteiger partial charge in [-0.25, -0.2) is 4.79 Å². The highest BCUT2D eigenvalue weighted by atomic mass is 80.9. The van der Waals surface area contributed by atoms with Gasteiger partial charge in [0.25, 0.3) is 6.08 Å². The summed E-state index contributed by atoms with van der Waals surface area (Å²) in [7, 11) is 9.89. The molecule has 0 amide bonds. The zero-order valence-corrected chi connectivity index (χ0v) is 69.5. The van der Waals surface area contributed by atoms with Crippen LogP contribution in [0.4, 0.5) is 48.3 Å². The quantitative estimate of drug-likeness (QED) is 0.0112. The molecule has 0 rings (SSSR count). The maximum Gasteiger partial charge on any atom is 0.376 e. The van der Waals surface area contributed by atoms with Crippen LogP contribution in [0.3, 0.4) is 0 Å². The molecule has 0 heterocycles. The van der Waals surface area contributed by atoms with E-state index in [1.807, 2.05) is 41.5 Å². The van der Waals surface area contributed by atoms with Crippen molar-refractivity contribution in [3.05, 3.63) is 36.5 Å². The molecule has 0 aromatic rings. The number of aldehydes is 2. The molecule has 1 atom stereocenters. The number of ether oxygens (including phenoxy) is 8. The van der Waals surface area contributed by atoms with Gasteiger partial charge in [0.2, 0.25) is 0 Å². The number of alkyl halides is 11. The first-order valence-corrected chi connectivity index (χ1v) is 35.4. The van der Waals surface area contributed by atoms with E-state index in [1.54, 1.807) is 54.7 Å². The number of carboxylic acid groups (broad SMARTS) is 1. The zero-order chi connectivity index (χ0) is 80.7. The van der Waals surface area contributed by atoms with Crippen LogP contribution in [-0.4, -0.2) is 168 Å². The summed E-state index contributed by atoms with van der Waals surface area (Å²) in [6.45, 7) is 27.6. The first-order valence-electron chi connectivity index (χ1n) is 29.5. The molecule has 1 unspecified atom stereocenters. The van der Waals surface area contributed by atoms with E-state index in [-0.39, 0.29) is 49.1 Å². The minimum Gasteiger partial charge on any atom is -0.490 e. The van der Waals surface area contributed by atoms with Crippen molar-refractivity contribution in [1.82, 2.24) is 0 Å². The molecule has 0 saturated carbocycles. The number of carbonyl (C=O) groups excluding carboxylic acids is 6. The van der Waals surface area contributed by atoms with Gasteiger partial charge in [0.05, 0.1) is 46.5 Å². The maximum absolute atomic E-state index is 12.0. The summed E-state index contributed by atoms with van der Waals surface area (Å²) in [5.41, 5.74) is 0. The number of carboxylic acids is 1. The van der Waals surface area contributed by atoms with E-state index >= 15 is 0 Å². The van der Waals surface area contributed by atoms with Crippen LogP contribution in [0.25, 0.3) is 0 Å². The van der Waals surface area contributed by atoms with Crippen molar-refractivity contribution in [3.8, 4) is 0 Å². The van der Waals surface area contributed by atoms with Crippen LogP contribution >= 0.6 is 84.7 Å². The zero-order valence-electron chi connectivity index (χ0n) is 61.5. The number of methoxy groups -OCH3 is 6. The van der Waals surface area contributed by atoms with Gasteiger partial charge in [-0.05, 0) is 127 Å². The van der Waals surface area contributed by atoms with E-state index in [9.17, 15) is 77.1 Å². The second-order valence-electron chi connectivity index (χ2n) is 15.5. The predicted octanol–water partition coefficient (Wildman–Crippen LogP) is 20.9. The fraction of sp³-hybridized carbons (Fsp3) is 0.774. The molecule has 0 aromatic carbocycles. The number of esters is 4. The van der Waals surface area contributed by atoms with Gasteiger partial charge in [0, 0.05) is 127 Å². The Labute approximate surface area is 618 Å². The van der Waals surface area contributed by atoms with Gasteiger partial charge in [0.15, 0.2) is 5.05 Å². The van der Waals surface area contributed by atoms with Gasteiger partial charge < -0.3 is 62.8 Å². The molecule has 18 nitrogen and oxygen atoms in total. The molecule has 596 valence electrons. The molecular weight excluding hydrogens is 1630 g/mol. The molecule has 0 spiro atoms. The van der Waals surface area contributed by atoms with Crippen molar-refractivity contribution in [3.63, 3.8) is 0 Å². The van der Waals surface area contributed by atoms with Crippen molar-refractivity contribution in [1.29, 1.82) is 0 Å². The summed E-state index contributed by atoms with van der Waals surface area (Å²) in [5.74, 6) is -1.31. The third-order valence-electron chi connectivity index (χ3n) is 7.41. The molecule has 3 N–H and O–H groups in total. The Balaban J connectivity index is -0.0000000433. The second kappa shape index (κ2) is 126. The number of hydrogen-bond donors (Lipinski definition) is 3. The third-order valence-corrected chi connectivity index (χ3v) is 10.2. The summed E-state index contributed by atoms with van der Waals surface area (Å²) in [4.78, 5) is 65.2. The molecule has 0 aliphatic heterocycles. The number of halogens is 16. The summed E-state index contributed by atoms with van der Waals surface area (Å²) in [6.07, 6.45) is 6.20. The normalized spacial score (nSPS) is 9.33. The molecule has 0 aliphatic carbocycles. The average Bonchev–Trinajstić information content (AvgIpc) is 3.05. The van der Waals surface area contributed by atoms with Gasteiger partial charge in [0.1, 0.15) is 12.6 Å². The lowest BCUT2D eigenvalue weighted by molar-refractivity contribution is -0.225. The SMILES string of the molecule is BrBr.C/C=C/C(=O)OCC.C/C=C/C(F)(F)OC.CC=O.CCC(Br)C(F)(F)Br.CCC=C(F)F.CCC=O.CCCC(=O)O.CCCC(=O)OC.CCCC(=O)OC.CCCC(=O)OCC.CCCC(=S)OC.CCCC(F)(F)OC.CCCC(F)(F)OC.CF.CO.CO.Cl. The van der Waals surface area contributed by atoms with Crippen molar-refractivity contribution < 1.29 is 135 Å². The van der Waals surface area contributed by atoms with Gasteiger partial charge in [-0.1, -0.05) is 97.3 Å². The van der Waals surface area contributed by atoms with Crippen LogP contribution < -0.4 is 0 Å². The summed E-state index contributed by atoms with van der Waals surface area (Å²) < 4.78 is 161. The Morgan fingerprint density at radius 1 is 0.526 bits per heavy atom. The Morgan fingerprint density at radius 3 is 0.948 bits per heavy atom. The number of aliphatic hydroxyl groups excluding tert-OH is 2. The lowest BCUT2D eigenvalue weighted by Gasteiger charge is -2.12. The van der Waals surface area contributed by atoms with Crippen LogP contribution in [0.1, 0.15) is 213 Å². The second-order valence-corrected chi connectivity index (χ2v) is 18.1. The summed E-state index contributed by atoms with van der Waals surface area (Å²) in [6, 6.07) is 0. The summed E-state index contributed by atoms with van der Waals surface area (Å²) in [5, 5.41) is 22.6. The van der Waals surface area contributed by atoms with Crippen LogP contribution in [0.15, 0.2) is 36.5 Å². The highest BCUT2D eigenvalue weighted by Crippen LogP contribution is 2.33. The summed E-state index contributed by atoms with van der Waals surface area (Å²) >= 11 is 15.3. The third kappa shape index (κ3) is 214. The molecule has 0 radical (unpaired) electrons. The number of allylic oxidation sites excluding steroid dienone is 3. The van der Waals surface area contributed by atoms with E-state index < -0.39 is 40.0 Å². The monoisotopic (exact) mass is 1750 g/mol. The number of aliphatic hydroxyl groups is 2. The first-order chi connectivity index (χ1) is 44.8. The lowest BCUT2D eigenvalue weighted by atomic mass is 10.3. The van der Waals surface area contributed by atoms with E-state index in [2.05, 4.69) is 100 Å². The predicted molar refractivity (Wildman–Crippen MR) is 388 cm³/mol. The molecule has 97 heavy (non-hydrogen) atoms. The number of hydrogen-bond acceptors (Lipinski definition) is 18. The Morgan fingerprint density at radius 2 is 0.845 bits per heavy atom. The van der Waals surface area contributed by atoms with Crippen LogP contribution in [0.5, 0.6) is 0 Å². The van der Waals surface area contributed by atoms with Crippen LogP contribution in [0, 0.1) is 0 Å². The average molecular weight is 1750 g/mol. The smallest absolute Gasteiger partial charge is 0.376 e.